The van der Waals surface area contributed by atoms with Gasteiger partial charge >= 0.3 is 0 Å². The second-order valence-corrected chi connectivity index (χ2v) is 5.95. The molecule has 0 saturated heterocycles. The minimum atomic E-state index is 0.972. The summed E-state index contributed by atoms with van der Waals surface area (Å²) in [5, 5.41) is 2.62. The van der Waals surface area contributed by atoms with Crippen molar-refractivity contribution in [2.45, 2.75) is 19.3 Å². The third-order valence-electron chi connectivity index (χ3n) is 4.41. The second kappa shape index (κ2) is 5.76. The van der Waals surface area contributed by atoms with Crippen LogP contribution in [0.2, 0.25) is 0 Å². The molecule has 1 aliphatic rings. The van der Waals surface area contributed by atoms with Crippen LogP contribution in [-0.4, -0.2) is 12.3 Å². The Bertz CT molecular complexity index is 845. The highest BCUT2D eigenvalue weighted by Gasteiger charge is 2.12. The van der Waals surface area contributed by atoms with E-state index in [1.165, 1.54) is 39.6 Å². The molecule has 108 valence electrons. The molecule has 4 rings (SSSR count). The molecule has 0 aromatic heterocycles. The summed E-state index contributed by atoms with van der Waals surface area (Å²) in [5.74, 6) is 0. The van der Waals surface area contributed by atoms with Crippen molar-refractivity contribution >= 4 is 16.5 Å². The molecule has 1 aliphatic heterocycles. The fraction of sp³-hybridized carbons (Fsp3) is 0.190. The van der Waals surface area contributed by atoms with Gasteiger partial charge in [0.15, 0.2) is 0 Å². The number of hydrogen-bond acceptors (Lipinski definition) is 1. The Labute approximate surface area is 131 Å². The van der Waals surface area contributed by atoms with E-state index < -0.39 is 0 Å². The topological polar surface area (TPSA) is 12.4 Å². The highest BCUT2D eigenvalue weighted by atomic mass is 14.8. The molecule has 0 saturated carbocycles. The van der Waals surface area contributed by atoms with Crippen LogP contribution in [0, 0.1) is 0 Å². The number of nitrogens with zero attached hydrogens (tertiary/aromatic N) is 1. The average Bonchev–Trinajstić information content (AvgIpc) is 3.10. The molecule has 1 heterocycles. The van der Waals surface area contributed by atoms with Gasteiger partial charge in [0, 0.05) is 12.3 Å². The number of aliphatic imine (C=N–C) groups is 1. The molecule has 3 aromatic carbocycles. The maximum absolute atomic E-state index is 4.67. The monoisotopic (exact) mass is 285 g/mol. The van der Waals surface area contributed by atoms with Crippen molar-refractivity contribution < 1.29 is 0 Å². The van der Waals surface area contributed by atoms with E-state index in [-0.39, 0.29) is 0 Å². The maximum atomic E-state index is 4.67. The van der Waals surface area contributed by atoms with E-state index in [0.29, 0.717) is 0 Å². The summed E-state index contributed by atoms with van der Waals surface area (Å²) in [4.78, 5) is 4.67. The minimum Gasteiger partial charge on any atom is -0.289 e. The van der Waals surface area contributed by atoms with Gasteiger partial charge in [0.05, 0.1) is 0 Å². The Hall–Kier alpha value is -2.41. The zero-order valence-electron chi connectivity index (χ0n) is 12.6. The van der Waals surface area contributed by atoms with E-state index >= 15 is 0 Å². The Morgan fingerprint density at radius 1 is 0.818 bits per heavy atom. The van der Waals surface area contributed by atoms with E-state index in [4.69, 9.17) is 0 Å². The zero-order valence-corrected chi connectivity index (χ0v) is 12.6. The van der Waals surface area contributed by atoms with E-state index in [0.717, 1.165) is 19.4 Å². The van der Waals surface area contributed by atoms with Gasteiger partial charge in [-0.05, 0) is 46.7 Å². The first-order valence-corrected chi connectivity index (χ1v) is 7.99. The van der Waals surface area contributed by atoms with E-state index in [1.807, 2.05) is 0 Å². The summed E-state index contributed by atoms with van der Waals surface area (Å²) in [6.07, 6.45) is 3.29. The second-order valence-electron chi connectivity index (χ2n) is 5.95. The molecule has 0 radical (unpaired) electrons. The summed E-state index contributed by atoms with van der Waals surface area (Å²) >= 11 is 0. The molecule has 3 aromatic rings. The quantitative estimate of drug-likeness (QED) is 0.641. The Morgan fingerprint density at radius 2 is 1.64 bits per heavy atom. The predicted molar refractivity (Wildman–Crippen MR) is 93.8 cm³/mol. The average molecular weight is 285 g/mol. The van der Waals surface area contributed by atoms with E-state index in [9.17, 15) is 0 Å². The van der Waals surface area contributed by atoms with Gasteiger partial charge in [-0.3, -0.25) is 4.99 Å². The lowest BCUT2D eigenvalue weighted by molar-refractivity contribution is 0.951. The van der Waals surface area contributed by atoms with Gasteiger partial charge < -0.3 is 0 Å². The molecule has 1 heteroatoms. The molecule has 0 aliphatic carbocycles. The van der Waals surface area contributed by atoms with Gasteiger partial charge in [-0.2, -0.15) is 0 Å². The van der Waals surface area contributed by atoms with Crippen LogP contribution in [0.25, 0.3) is 10.8 Å². The van der Waals surface area contributed by atoms with Crippen molar-refractivity contribution in [1.29, 1.82) is 0 Å². The number of benzene rings is 3. The first-order chi connectivity index (χ1) is 10.9. The van der Waals surface area contributed by atoms with Crippen LogP contribution < -0.4 is 0 Å². The molecule has 22 heavy (non-hydrogen) atoms. The molecular formula is C21H19N. The van der Waals surface area contributed by atoms with Gasteiger partial charge in [-0.25, -0.2) is 0 Å². The van der Waals surface area contributed by atoms with Gasteiger partial charge in [-0.15, -0.1) is 0 Å². The summed E-state index contributed by atoms with van der Waals surface area (Å²) in [6.45, 7) is 0.986. The van der Waals surface area contributed by atoms with Crippen molar-refractivity contribution in [3.05, 3.63) is 83.4 Å². The first kappa shape index (κ1) is 13.3. The highest BCUT2D eigenvalue weighted by Crippen LogP contribution is 2.22. The lowest BCUT2D eigenvalue weighted by Gasteiger charge is -2.10. The van der Waals surface area contributed by atoms with Crippen LogP contribution >= 0.6 is 0 Å². The third-order valence-corrected chi connectivity index (χ3v) is 4.41. The lowest BCUT2D eigenvalue weighted by atomic mass is 9.95. The molecule has 0 N–H and O–H groups in total. The maximum Gasteiger partial charge on any atom is 0.0424 e. The molecule has 0 unspecified atom stereocenters. The van der Waals surface area contributed by atoms with Crippen LogP contribution in [0.3, 0.4) is 0 Å². The predicted octanol–water partition coefficient (Wildman–Crippen LogP) is 5.01. The van der Waals surface area contributed by atoms with E-state index in [2.05, 4.69) is 71.7 Å². The van der Waals surface area contributed by atoms with Gasteiger partial charge in [0.1, 0.15) is 0 Å². The molecular weight excluding hydrogens is 266 g/mol. The number of hydrogen-bond donors (Lipinski definition) is 0. The van der Waals surface area contributed by atoms with Crippen molar-refractivity contribution in [1.82, 2.24) is 0 Å². The summed E-state index contributed by atoms with van der Waals surface area (Å²) in [5.41, 5.74) is 5.38. The van der Waals surface area contributed by atoms with Crippen LogP contribution in [-0.2, 0) is 6.42 Å². The van der Waals surface area contributed by atoms with Crippen molar-refractivity contribution in [2.75, 3.05) is 6.54 Å². The fourth-order valence-electron chi connectivity index (χ4n) is 3.28. The molecule has 0 atom stereocenters. The third kappa shape index (κ3) is 2.55. The summed E-state index contributed by atoms with van der Waals surface area (Å²) < 4.78 is 0. The van der Waals surface area contributed by atoms with E-state index in [1.54, 1.807) is 0 Å². The Kier molecular flexibility index (Phi) is 3.48. The van der Waals surface area contributed by atoms with Crippen LogP contribution in [0.5, 0.6) is 0 Å². The number of rotatable bonds is 3. The Morgan fingerprint density at radius 3 is 2.50 bits per heavy atom. The largest absolute Gasteiger partial charge is 0.289 e. The standard InChI is InChI=1S/C21H19N/c1-2-7-18-14-16(11-12-17(18)6-1)15-19-8-3-4-9-20(19)21-10-5-13-22-21/h1-4,6-9,11-12,14H,5,10,13,15H2. The summed E-state index contributed by atoms with van der Waals surface area (Å²) in [6, 6.07) is 24.1. The molecule has 1 nitrogen and oxygen atoms in total. The van der Waals surface area contributed by atoms with Gasteiger partial charge in [0.2, 0.25) is 0 Å². The Balaban J connectivity index is 1.70. The summed E-state index contributed by atoms with van der Waals surface area (Å²) in [7, 11) is 0. The molecule has 0 amide bonds. The van der Waals surface area contributed by atoms with Crippen LogP contribution in [0.4, 0.5) is 0 Å². The highest BCUT2D eigenvalue weighted by molar-refractivity contribution is 6.02. The smallest absolute Gasteiger partial charge is 0.0424 e. The van der Waals surface area contributed by atoms with Gasteiger partial charge in [0.25, 0.3) is 0 Å². The van der Waals surface area contributed by atoms with Crippen molar-refractivity contribution in [3.8, 4) is 0 Å². The van der Waals surface area contributed by atoms with Crippen LogP contribution in [0.1, 0.15) is 29.5 Å². The van der Waals surface area contributed by atoms with Gasteiger partial charge in [-0.1, -0.05) is 66.7 Å². The van der Waals surface area contributed by atoms with Crippen molar-refractivity contribution in [2.24, 2.45) is 4.99 Å². The van der Waals surface area contributed by atoms with Crippen LogP contribution in [0.15, 0.2) is 71.7 Å². The SMILES string of the molecule is c1ccc(C2=NCCC2)c(Cc2ccc3ccccc3c2)c1. The zero-order chi connectivity index (χ0) is 14.8. The van der Waals surface area contributed by atoms with Crippen molar-refractivity contribution in [3.63, 3.8) is 0 Å². The fourth-order valence-corrected chi connectivity index (χ4v) is 3.28. The minimum absolute atomic E-state index is 0.972. The normalized spacial score (nSPS) is 14.3. The lowest BCUT2D eigenvalue weighted by Crippen LogP contribution is -2.02. The molecule has 0 bridgehead atoms. The number of fused-ring (bicyclic) bond motifs is 1. The first-order valence-electron chi connectivity index (χ1n) is 7.99. The molecule has 0 fully saturated rings. The molecule has 0 spiro atoms.